The van der Waals surface area contributed by atoms with Crippen LogP contribution in [0.1, 0.15) is 28.4 Å². The Hall–Kier alpha value is -2.88. The van der Waals surface area contributed by atoms with Crippen molar-refractivity contribution in [1.29, 1.82) is 0 Å². The van der Waals surface area contributed by atoms with E-state index in [1.54, 1.807) is 18.2 Å². The van der Waals surface area contributed by atoms with E-state index in [1.165, 1.54) is 13.0 Å². The second-order valence-electron chi connectivity index (χ2n) is 4.75. The fourth-order valence-corrected chi connectivity index (χ4v) is 1.98. The lowest BCUT2D eigenvalue weighted by atomic mass is 10.0. The van der Waals surface area contributed by atoms with Crippen LogP contribution in [0, 0.1) is 0 Å². The molecule has 4 nitrogen and oxygen atoms in total. The second kappa shape index (κ2) is 7.22. The Balaban J connectivity index is 2.18. The van der Waals surface area contributed by atoms with Crippen molar-refractivity contribution in [2.45, 2.75) is 13.5 Å². The van der Waals surface area contributed by atoms with Gasteiger partial charge in [0, 0.05) is 11.6 Å². The van der Waals surface area contributed by atoms with Gasteiger partial charge in [-0.3, -0.25) is 4.79 Å². The molecule has 2 aromatic carbocycles. The quantitative estimate of drug-likeness (QED) is 0.654. The van der Waals surface area contributed by atoms with Crippen LogP contribution in [0.15, 0.2) is 54.6 Å². The van der Waals surface area contributed by atoms with E-state index < -0.39 is 5.97 Å². The van der Waals surface area contributed by atoms with Gasteiger partial charge in [-0.15, -0.1) is 0 Å². The number of hydrogen-bond acceptors (Lipinski definition) is 3. The smallest absolute Gasteiger partial charge is 0.328 e. The molecule has 0 amide bonds. The predicted molar refractivity (Wildman–Crippen MR) is 83.9 cm³/mol. The van der Waals surface area contributed by atoms with E-state index in [0.29, 0.717) is 23.5 Å². The van der Waals surface area contributed by atoms with Gasteiger partial charge < -0.3 is 9.84 Å². The molecule has 0 saturated heterocycles. The first-order chi connectivity index (χ1) is 10.6. The molecule has 4 heteroatoms. The molecule has 0 saturated carbocycles. The highest BCUT2D eigenvalue weighted by atomic mass is 16.5. The fourth-order valence-electron chi connectivity index (χ4n) is 1.98. The van der Waals surface area contributed by atoms with Crippen molar-refractivity contribution in [2.24, 2.45) is 0 Å². The van der Waals surface area contributed by atoms with Gasteiger partial charge in [-0.1, -0.05) is 36.4 Å². The molecule has 112 valence electrons. The molecule has 0 aromatic heterocycles. The molecule has 0 atom stereocenters. The summed E-state index contributed by atoms with van der Waals surface area (Å²) in [5.74, 6) is -0.629. The molecule has 22 heavy (non-hydrogen) atoms. The second-order valence-corrected chi connectivity index (χ2v) is 4.75. The van der Waals surface area contributed by atoms with Gasteiger partial charge in [-0.2, -0.15) is 0 Å². The highest BCUT2D eigenvalue weighted by Crippen LogP contribution is 2.21. The lowest BCUT2D eigenvalue weighted by molar-refractivity contribution is -0.131. The monoisotopic (exact) mass is 296 g/mol. The van der Waals surface area contributed by atoms with E-state index in [1.807, 2.05) is 30.3 Å². The van der Waals surface area contributed by atoms with Crippen molar-refractivity contribution in [2.75, 3.05) is 0 Å². The third-order valence-electron chi connectivity index (χ3n) is 3.06. The summed E-state index contributed by atoms with van der Waals surface area (Å²) < 4.78 is 5.67. The standard InChI is InChI=1S/C18H16O4/c1-13(19)17-11-16(9-7-15(17)8-10-18(20)21)22-12-14-5-3-2-4-6-14/h2-11H,12H2,1H3,(H,20,21). The van der Waals surface area contributed by atoms with Crippen molar-refractivity contribution in [1.82, 2.24) is 0 Å². The lowest BCUT2D eigenvalue weighted by Gasteiger charge is -2.09. The first-order valence-corrected chi connectivity index (χ1v) is 6.79. The van der Waals surface area contributed by atoms with E-state index >= 15 is 0 Å². The Bertz CT molecular complexity index is 702. The first-order valence-electron chi connectivity index (χ1n) is 6.79. The Morgan fingerprint density at radius 3 is 2.50 bits per heavy atom. The molecule has 0 aliphatic carbocycles. The number of carbonyl (C=O) groups is 2. The number of ether oxygens (including phenoxy) is 1. The maximum absolute atomic E-state index is 11.7. The Morgan fingerprint density at radius 1 is 1.14 bits per heavy atom. The minimum absolute atomic E-state index is 0.143. The van der Waals surface area contributed by atoms with E-state index in [4.69, 9.17) is 9.84 Å². The summed E-state index contributed by atoms with van der Waals surface area (Å²) in [7, 11) is 0. The third-order valence-corrected chi connectivity index (χ3v) is 3.06. The minimum atomic E-state index is -1.06. The van der Waals surface area contributed by atoms with Gasteiger partial charge in [0.05, 0.1) is 0 Å². The van der Waals surface area contributed by atoms with E-state index in [9.17, 15) is 9.59 Å². The highest BCUT2D eigenvalue weighted by molar-refractivity contribution is 5.99. The Labute approximate surface area is 128 Å². The largest absolute Gasteiger partial charge is 0.489 e. The summed E-state index contributed by atoms with van der Waals surface area (Å²) in [6.07, 6.45) is 2.41. The number of benzene rings is 2. The number of carboxylic acids is 1. The van der Waals surface area contributed by atoms with Crippen LogP contribution in [0.5, 0.6) is 5.75 Å². The number of carbonyl (C=O) groups excluding carboxylic acids is 1. The number of aliphatic carboxylic acids is 1. The topological polar surface area (TPSA) is 63.6 Å². The van der Waals surface area contributed by atoms with Crippen LogP contribution < -0.4 is 4.74 Å². The summed E-state index contributed by atoms with van der Waals surface area (Å²) >= 11 is 0. The molecule has 1 N–H and O–H groups in total. The predicted octanol–water partition coefficient (Wildman–Crippen LogP) is 3.57. The molecule has 0 fully saturated rings. The molecule has 0 heterocycles. The molecule has 0 bridgehead atoms. The average Bonchev–Trinajstić information content (AvgIpc) is 2.52. The van der Waals surface area contributed by atoms with Crippen LogP contribution in [0.4, 0.5) is 0 Å². The average molecular weight is 296 g/mol. The molecule has 0 unspecified atom stereocenters. The summed E-state index contributed by atoms with van der Waals surface area (Å²) in [5, 5.41) is 8.67. The summed E-state index contributed by atoms with van der Waals surface area (Å²) in [6, 6.07) is 14.7. The molecule has 2 aromatic rings. The lowest BCUT2D eigenvalue weighted by Crippen LogP contribution is -2.00. The molecular formula is C18H16O4. The van der Waals surface area contributed by atoms with Crippen LogP contribution in [-0.4, -0.2) is 16.9 Å². The van der Waals surface area contributed by atoms with Crippen LogP contribution in [-0.2, 0) is 11.4 Å². The van der Waals surface area contributed by atoms with Gasteiger partial charge in [-0.05, 0) is 36.3 Å². The molecule has 0 radical (unpaired) electrons. The van der Waals surface area contributed by atoms with E-state index in [2.05, 4.69) is 0 Å². The van der Waals surface area contributed by atoms with Gasteiger partial charge in [0.2, 0.25) is 0 Å². The zero-order valence-corrected chi connectivity index (χ0v) is 12.2. The molecular weight excluding hydrogens is 280 g/mol. The zero-order chi connectivity index (χ0) is 15.9. The molecule has 0 aliphatic rings. The summed E-state index contributed by atoms with van der Waals surface area (Å²) in [6.45, 7) is 1.84. The molecule has 2 rings (SSSR count). The first kappa shape index (κ1) is 15.5. The van der Waals surface area contributed by atoms with Crippen molar-refractivity contribution in [3.05, 3.63) is 71.3 Å². The van der Waals surface area contributed by atoms with Crippen LogP contribution in [0.3, 0.4) is 0 Å². The van der Waals surface area contributed by atoms with Crippen LogP contribution in [0.2, 0.25) is 0 Å². The molecule has 0 aliphatic heterocycles. The summed E-state index contributed by atoms with van der Waals surface area (Å²) in [4.78, 5) is 22.3. The van der Waals surface area contributed by atoms with Crippen LogP contribution >= 0.6 is 0 Å². The van der Waals surface area contributed by atoms with Crippen LogP contribution in [0.25, 0.3) is 6.08 Å². The van der Waals surface area contributed by atoms with E-state index in [-0.39, 0.29) is 5.78 Å². The maximum atomic E-state index is 11.7. The van der Waals surface area contributed by atoms with Crippen molar-refractivity contribution in [3.8, 4) is 5.75 Å². The SMILES string of the molecule is CC(=O)c1cc(OCc2ccccc2)ccc1C=CC(=O)O. The van der Waals surface area contributed by atoms with E-state index in [0.717, 1.165) is 11.6 Å². The van der Waals surface area contributed by atoms with Crippen molar-refractivity contribution >= 4 is 17.8 Å². The highest BCUT2D eigenvalue weighted by Gasteiger charge is 2.08. The molecule has 0 spiro atoms. The maximum Gasteiger partial charge on any atom is 0.328 e. The van der Waals surface area contributed by atoms with Gasteiger partial charge in [0.1, 0.15) is 12.4 Å². The number of rotatable bonds is 6. The van der Waals surface area contributed by atoms with Gasteiger partial charge >= 0.3 is 5.97 Å². The van der Waals surface area contributed by atoms with Crippen molar-refractivity contribution < 1.29 is 19.4 Å². The number of Topliss-reactive ketones (excluding diaryl/α,β-unsaturated/α-hetero) is 1. The van der Waals surface area contributed by atoms with Gasteiger partial charge in [-0.25, -0.2) is 4.79 Å². The fraction of sp³-hybridized carbons (Fsp3) is 0.111. The zero-order valence-electron chi connectivity index (χ0n) is 12.2. The number of ketones is 1. The number of carboxylic acid groups (broad SMARTS) is 1. The Morgan fingerprint density at radius 2 is 1.86 bits per heavy atom. The third kappa shape index (κ3) is 4.31. The summed E-state index contributed by atoms with van der Waals surface area (Å²) in [5.41, 5.74) is 2.02. The minimum Gasteiger partial charge on any atom is -0.489 e. The van der Waals surface area contributed by atoms with Gasteiger partial charge in [0.25, 0.3) is 0 Å². The Kier molecular flexibility index (Phi) is 5.09. The number of hydrogen-bond donors (Lipinski definition) is 1. The normalized spacial score (nSPS) is 10.6. The van der Waals surface area contributed by atoms with Crippen molar-refractivity contribution in [3.63, 3.8) is 0 Å². The van der Waals surface area contributed by atoms with Gasteiger partial charge in [0.15, 0.2) is 5.78 Å².